The second-order valence-corrected chi connectivity index (χ2v) is 8.08. The molecule has 4 nitrogen and oxygen atoms in total. The van der Waals surface area contributed by atoms with Gasteiger partial charge >= 0.3 is 0 Å². The first-order valence-electron chi connectivity index (χ1n) is 6.89. The van der Waals surface area contributed by atoms with E-state index in [2.05, 4.69) is 44.2 Å². The second-order valence-electron chi connectivity index (χ2n) is 5.33. The van der Waals surface area contributed by atoms with E-state index < -0.39 is 10.0 Å². The molecule has 0 spiro atoms. The van der Waals surface area contributed by atoms with Gasteiger partial charge in [-0.2, -0.15) is 0 Å². The standard InChI is InChI=1S/C14H21BrN2O2S/c1-20(18,19)17-8-2-7-16-14-6-4-11-9-13(15)5-3-12(11)10-14/h3,5,9,14,16-17H,2,4,6-8,10H2,1H3. The van der Waals surface area contributed by atoms with Crippen LogP contribution < -0.4 is 10.0 Å². The van der Waals surface area contributed by atoms with Crippen LogP contribution in [0.4, 0.5) is 0 Å². The highest BCUT2D eigenvalue weighted by atomic mass is 79.9. The molecule has 1 aliphatic carbocycles. The van der Waals surface area contributed by atoms with Gasteiger partial charge in [-0.05, 0) is 55.5 Å². The van der Waals surface area contributed by atoms with Crippen molar-refractivity contribution < 1.29 is 8.42 Å². The molecule has 112 valence electrons. The molecular weight excluding hydrogens is 340 g/mol. The Morgan fingerprint density at radius 1 is 1.30 bits per heavy atom. The quantitative estimate of drug-likeness (QED) is 0.761. The number of halogens is 1. The highest BCUT2D eigenvalue weighted by Gasteiger charge is 2.17. The Morgan fingerprint density at radius 2 is 2.10 bits per heavy atom. The van der Waals surface area contributed by atoms with Crippen LogP contribution in [0.15, 0.2) is 22.7 Å². The van der Waals surface area contributed by atoms with Crippen molar-refractivity contribution >= 4 is 26.0 Å². The zero-order valence-corrected chi connectivity index (χ0v) is 14.1. The van der Waals surface area contributed by atoms with E-state index in [-0.39, 0.29) is 0 Å². The summed E-state index contributed by atoms with van der Waals surface area (Å²) in [6.45, 7) is 1.35. The average Bonchev–Trinajstić information content (AvgIpc) is 2.37. The van der Waals surface area contributed by atoms with Crippen molar-refractivity contribution in [3.63, 3.8) is 0 Å². The molecule has 0 radical (unpaired) electrons. The first-order valence-corrected chi connectivity index (χ1v) is 9.58. The molecule has 1 unspecified atom stereocenters. The van der Waals surface area contributed by atoms with E-state index in [4.69, 9.17) is 0 Å². The highest BCUT2D eigenvalue weighted by molar-refractivity contribution is 9.10. The zero-order chi connectivity index (χ0) is 14.6. The number of benzene rings is 1. The van der Waals surface area contributed by atoms with Crippen LogP contribution in [-0.2, 0) is 22.9 Å². The van der Waals surface area contributed by atoms with Gasteiger partial charge in [-0.15, -0.1) is 0 Å². The molecule has 20 heavy (non-hydrogen) atoms. The van der Waals surface area contributed by atoms with Gasteiger partial charge in [0.1, 0.15) is 0 Å². The van der Waals surface area contributed by atoms with Gasteiger partial charge in [-0.3, -0.25) is 0 Å². The van der Waals surface area contributed by atoms with E-state index in [9.17, 15) is 8.42 Å². The summed E-state index contributed by atoms with van der Waals surface area (Å²) in [6.07, 6.45) is 5.31. The largest absolute Gasteiger partial charge is 0.314 e. The van der Waals surface area contributed by atoms with E-state index in [1.807, 2.05) is 0 Å². The maximum absolute atomic E-state index is 10.9. The van der Waals surface area contributed by atoms with Gasteiger partial charge in [-0.1, -0.05) is 22.0 Å². The van der Waals surface area contributed by atoms with Gasteiger partial charge < -0.3 is 5.32 Å². The molecule has 0 saturated carbocycles. The molecule has 0 fully saturated rings. The Balaban J connectivity index is 1.72. The van der Waals surface area contributed by atoms with Crippen LogP contribution in [0, 0.1) is 0 Å². The highest BCUT2D eigenvalue weighted by Crippen LogP contribution is 2.24. The van der Waals surface area contributed by atoms with Gasteiger partial charge in [0.2, 0.25) is 10.0 Å². The molecule has 0 aliphatic heterocycles. The minimum absolute atomic E-state index is 0.502. The Kier molecular flexibility index (Phi) is 5.60. The van der Waals surface area contributed by atoms with Crippen LogP contribution in [0.2, 0.25) is 0 Å². The van der Waals surface area contributed by atoms with Crippen LogP contribution >= 0.6 is 15.9 Å². The molecule has 6 heteroatoms. The number of hydrogen-bond acceptors (Lipinski definition) is 3. The predicted octanol–water partition coefficient (Wildman–Crippen LogP) is 1.84. The third-order valence-electron chi connectivity index (χ3n) is 3.55. The average molecular weight is 361 g/mol. The fourth-order valence-electron chi connectivity index (χ4n) is 2.55. The fourth-order valence-corrected chi connectivity index (χ4v) is 3.47. The van der Waals surface area contributed by atoms with Crippen molar-refractivity contribution in [1.82, 2.24) is 10.0 Å². The smallest absolute Gasteiger partial charge is 0.208 e. The third kappa shape index (κ3) is 5.16. The van der Waals surface area contributed by atoms with Crippen LogP contribution in [0.5, 0.6) is 0 Å². The van der Waals surface area contributed by atoms with E-state index in [1.54, 1.807) is 0 Å². The molecular formula is C14H21BrN2O2S. The number of sulfonamides is 1. The monoisotopic (exact) mass is 360 g/mol. The van der Waals surface area contributed by atoms with E-state index in [1.165, 1.54) is 17.4 Å². The van der Waals surface area contributed by atoms with Crippen molar-refractivity contribution in [2.45, 2.75) is 31.7 Å². The molecule has 0 heterocycles. The number of nitrogens with one attached hydrogen (secondary N) is 2. The number of aryl methyl sites for hydroxylation is 1. The van der Waals surface area contributed by atoms with Gasteiger partial charge in [0.25, 0.3) is 0 Å². The maximum atomic E-state index is 10.9. The van der Waals surface area contributed by atoms with Crippen LogP contribution in [0.1, 0.15) is 24.0 Å². The molecule has 0 aromatic heterocycles. The number of fused-ring (bicyclic) bond motifs is 1. The summed E-state index contributed by atoms with van der Waals surface area (Å²) >= 11 is 3.51. The van der Waals surface area contributed by atoms with E-state index >= 15 is 0 Å². The van der Waals surface area contributed by atoms with Gasteiger partial charge in [0, 0.05) is 17.1 Å². The minimum Gasteiger partial charge on any atom is -0.314 e. The lowest BCUT2D eigenvalue weighted by atomic mass is 9.88. The first kappa shape index (κ1) is 15.9. The summed E-state index contributed by atoms with van der Waals surface area (Å²) < 4.78 is 25.5. The van der Waals surface area contributed by atoms with Crippen molar-refractivity contribution in [2.75, 3.05) is 19.3 Å². The minimum atomic E-state index is -3.06. The van der Waals surface area contributed by atoms with Crippen LogP contribution in [0.25, 0.3) is 0 Å². The van der Waals surface area contributed by atoms with Crippen molar-refractivity contribution in [2.24, 2.45) is 0 Å². The normalized spacial score (nSPS) is 18.8. The lowest BCUT2D eigenvalue weighted by Crippen LogP contribution is -2.36. The van der Waals surface area contributed by atoms with Crippen LogP contribution in [0.3, 0.4) is 0 Å². The summed E-state index contributed by atoms with van der Waals surface area (Å²) in [7, 11) is -3.06. The Labute approximate surface area is 129 Å². The lowest BCUT2D eigenvalue weighted by molar-refractivity contribution is 0.454. The Bertz CT molecular complexity index is 560. The summed E-state index contributed by atoms with van der Waals surface area (Å²) in [5, 5.41) is 3.52. The van der Waals surface area contributed by atoms with Crippen molar-refractivity contribution in [1.29, 1.82) is 0 Å². The summed E-state index contributed by atoms with van der Waals surface area (Å²) in [5.74, 6) is 0. The van der Waals surface area contributed by atoms with E-state index in [0.717, 1.165) is 36.7 Å². The lowest BCUT2D eigenvalue weighted by Gasteiger charge is -2.25. The van der Waals surface area contributed by atoms with Gasteiger partial charge in [0.05, 0.1) is 6.26 Å². The van der Waals surface area contributed by atoms with E-state index in [0.29, 0.717) is 12.6 Å². The SMILES string of the molecule is CS(=O)(=O)NCCCNC1CCc2cc(Br)ccc2C1. The Morgan fingerprint density at radius 3 is 2.85 bits per heavy atom. The van der Waals surface area contributed by atoms with Gasteiger partial charge in [-0.25, -0.2) is 13.1 Å². The summed E-state index contributed by atoms with van der Waals surface area (Å²) in [6, 6.07) is 7.00. The van der Waals surface area contributed by atoms with Gasteiger partial charge in [0.15, 0.2) is 0 Å². The molecule has 1 aromatic rings. The molecule has 1 aliphatic rings. The molecule has 1 atom stereocenters. The molecule has 2 N–H and O–H groups in total. The number of rotatable bonds is 6. The maximum Gasteiger partial charge on any atom is 0.208 e. The second kappa shape index (κ2) is 7.02. The molecule has 0 saturated heterocycles. The molecule has 1 aromatic carbocycles. The van der Waals surface area contributed by atoms with Crippen molar-refractivity contribution in [3.8, 4) is 0 Å². The third-order valence-corrected chi connectivity index (χ3v) is 4.77. The fraction of sp³-hybridized carbons (Fsp3) is 0.571. The predicted molar refractivity (Wildman–Crippen MR) is 85.4 cm³/mol. The number of hydrogen-bond donors (Lipinski definition) is 2. The topological polar surface area (TPSA) is 58.2 Å². The molecule has 0 amide bonds. The summed E-state index contributed by atoms with van der Waals surface area (Å²) in [4.78, 5) is 0. The molecule has 0 bridgehead atoms. The Hall–Kier alpha value is -0.430. The zero-order valence-electron chi connectivity index (χ0n) is 11.7. The van der Waals surface area contributed by atoms with Crippen molar-refractivity contribution in [3.05, 3.63) is 33.8 Å². The first-order chi connectivity index (χ1) is 9.44. The van der Waals surface area contributed by atoms with Crippen LogP contribution in [-0.4, -0.2) is 33.8 Å². The summed E-state index contributed by atoms with van der Waals surface area (Å²) in [5.41, 5.74) is 2.86. The molecule has 2 rings (SSSR count).